The van der Waals surface area contributed by atoms with Crippen LogP contribution in [0.1, 0.15) is 11.1 Å². The van der Waals surface area contributed by atoms with E-state index in [4.69, 9.17) is 5.26 Å². The van der Waals surface area contributed by atoms with Gasteiger partial charge in [-0.25, -0.2) is 4.39 Å². The van der Waals surface area contributed by atoms with E-state index >= 15 is 0 Å². The molecule has 134 valence electrons. The number of nitrogens with one attached hydrogen (secondary N) is 1. The van der Waals surface area contributed by atoms with E-state index in [1.54, 1.807) is 24.3 Å². The Labute approximate surface area is 158 Å². The topological polar surface area (TPSA) is 90.3 Å². The first-order chi connectivity index (χ1) is 13.0. The lowest BCUT2D eigenvalue weighted by atomic mass is 10.1. The normalized spacial score (nSPS) is 15.1. The first-order valence-corrected chi connectivity index (χ1v) is 8.59. The molecule has 0 saturated carbocycles. The van der Waals surface area contributed by atoms with Crippen LogP contribution >= 0.6 is 11.8 Å². The molecule has 6 nitrogen and oxygen atoms in total. The smallest absolute Gasteiger partial charge is 0.294 e. The SMILES string of the molecule is N#Cc1ccc(/C=C2\SC(=O)N(CC(=O)Nc3ccc(F)cc3)C2=O)cc1. The Kier molecular flexibility index (Phi) is 5.33. The number of hydrogen-bond donors (Lipinski definition) is 1. The summed E-state index contributed by atoms with van der Waals surface area (Å²) in [6, 6.07) is 13.7. The summed E-state index contributed by atoms with van der Waals surface area (Å²) in [4.78, 5) is 37.6. The van der Waals surface area contributed by atoms with E-state index in [2.05, 4.69) is 5.32 Å². The quantitative estimate of drug-likeness (QED) is 0.820. The fraction of sp³-hybridized carbons (Fsp3) is 0.0526. The van der Waals surface area contributed by atoms with E-state index in [1.807, 2.05) is 6.07 Å². The predicted molar refractivity (Wildman–Crippen MR) is 98.9 cm³/mol. The first-order valence-electron chi connectivity index (χ1n) is 7.77. The number of benzene rings is 2. The van der Waals surface area contributed by atoms with Crippen LogP contribution in [0.5, 0.6) is 0 Å². The van der Waals surface area contributed by atoms with Gasteiger partial charge in [-0.15, -0.1) is 0 Å². The molecule has 1 fully saturated rings. The summed E-state index contributed by atoms with van der Waals surface area (Å²) in [6.07, 6.45) is 1.53. The summed E-state index contributed by atoms with van der Waals surface area (Å²) in [6.45, 7) is -0.438. The second kappa shape index (κ2) is 7.85. The van der Waals surface area contributed by atoms with E-state index in [9.17, 15) is 18.8 Å². The Balaban J connectivity index is 1.68. The highest BCUT2D eigenvalue weighted by atomic mass is 32.2. The van der Waals surface area contributed by atoms with Gasteiger partial charge in [0.1, 0.15) is 12.4 Å². The number of carbonyl (C=O) groups excluding carboxylic acids is 3. The molecule has 0 spiro atoms. The van der Waals surface area contributed by atoms with Crippen LogP contribution in [0.2, 0.25) is 0 Å². The van der Waals surface area contributed by atoms with Crippen molar-refractivity contribution < 1.29 is 18.8 Å². The highest BCUT2D eigenvalue weighted by Crippen LogP contribution is 2.32. The molecular weight excluding hydrogens is 369 g/mol. The predicted octanol–water partition coefficient (Wildman–Crippen LogP) is 3.37. The van der Waals surface area contributed by atoms with Crippen LogP contribution in [-0.4, -0.2) is 28.5 Å². The number of imide groups is 1. The van der Waals surface area contributed by atoms with E-state index in [1.165, 1.54) is 30.3 Å². The van der Waals surface area contributed by atoms with Gasteiger partial charge in [-0.05, 0) is 59.8 Å². The molecule has 0 radical (unpaired) electrons. The minimum Gasteiger partial charge on any atom is -0.325 e. The summed E-state index contributed by atoms with van der Waals surface area (Å²) in [5, 5.41) is 10.8. The third-order valence-corrected chi connectivity index (χ3v) is 4.55. The van der Waals surface area contributed by atoms with E-state index in [0.717, 1.165) is 16.7 Å². The molecule has 0 unspecified atom stereocenters. The van der Waals surface area contributed by atoms with Crippen molar-refractivity contribution in [1.82, 2.24) is 4.90 Å². The summed E-state index contributed by atoms with van der Waals surface area (Å²) in [5.74, 6) is -1.57. The minimum atomic E-state index is -0.566. The lowest BCUT2D eigenvalue weighted by molar-refractivity contribution is -0.127. The Morgan fingerprint density at radius 2 is 1.81 bits per heavy atom. The molecule has 1 aliphatic heterocycles. The lowest BCUT2D eigenvalue weighted by Crippen LogP contribution is -2.36. The van der Waals surface area contributed by atoms with Gasteiger partial charge in [0.25, 0.3) is 11.1 Å². The number of amides is 3. The van der Waals surface area contributed by atoms with Crippen LogP contribution in [0.4, 0.5) is 14.9 Å². The number of carbonyl (C=O) groups is 3. The van der Waals surface area contributed by atoms with Crippen LogP contribution in [0, 0.1) is 17.1 Å². The van der Waals surface area contributed by atoms with Gasteiger partial charge in [0.15, 0.2) is 0 Å². The Bertz CT molecular complexity index is 979. The minimum absolute atomic E-state index is 0.194. The molecule has 0 bridgehead atoms. The molecule has 1 aliphatic rings. The maximum atomic E-state index is 12.9. The van der Waals surface area contributed by atoms with E-state index < -0.39 is 29.4 Å². The van der Waals surface area contributed by atoms with Gasteiger partial charge in [0.2, 0.25) is 5.91 Å². The van der Waals surface area contributed by atoms with Crippen molar-refractivity contribution in [3.05, 3.63) is 70.4 Å². The number of anilines is 1. The average molecular weight is 381 g/mol. The van der Waals surface area contributed by atoms with Crippen molar-refractivity contribution in [3.63, 3.8) is 0 Å². The zero-order valence-corrected chi connectivity index (χ0v) is 14.6. The first kappa shape index (κ1) is 18.4. The van der Waals surface area contributed by atoms with Crippen molar-refractivity contribution in [3.8, 4) is 6.07 Å². The molecule has 1 N–H and O–H groups in total. The lowest BCUT2D eigenvalue weighted by Gasteiger charge is -2.12. The average Bonchev–Trinajstić information content (AvgIpc) is 2.91. The molecule has 2 aromatic carbocycles. The molecule has 3 amide bonds. The molecule has 0 aromatic heterocycles. The molecular formula is C19H12FN3O3S. The summed E-state index contributed by atoms with van der Waals surface area (Å²) in [5.41, 5.74) is 1.51. The monoisotopic (exact) mass is 381 g/mol. The van der Waals surface area contributed by atoms with Gasteiger partial charge in [-0.3, -0.25) is 19.3 Å². The van der Waals surface area contributed by atoms with Crippen molar-refractivity contribution in [2.75, 3.05) is 11.9 Å². The molecule has 1 saturated heterocycles. The number of thioether (sulfide) groups is 1. The maximum absolute atomic E-state index is 12.9. The van der Waals surface area contributed by atoms with Gasteiger partial charge >= 0.3 is 0 Å². The third kappa shape index (κ3) is 4.40. The van der Waals surface area contributed by atoms with E-state index in [0.29, 0.717) is 16.8 Å². The van der Waals surface area contributed by atoms with Gasteiger partial charge in [0.05, 0.1) is 16.5 Å². The van der Waals surface area contributed by atoms with Crippen LogP contribution in [-0.2, 0) is 9.59 Å². The fourth-order valence-corrected chi connectivity index (χ4v) is 3.16. The van der Waals surface area contributed by atoms with Crippen LogP contribution < -0.4 is 5.32 Å². The van der Waals surface area contributed by atoms with Crippen LogP contribution in [0.15, 0.2) is 53.4 Å². The largest absolute Gasteiger partial charge is 0.325 e. The van der Waals surface area contributed by atoms with Gasteiger partial charge in [-0.1, -0.05) is 12.1 Å². The Morgan fingerprint density at radius 1 is 1.15 bits per heavy atom. The molecule has 27 heavy (non-hydrogen) atoms. The van der Waals surface area contributed by atoms with Gasteiger partial charge < -0.3 is 5.32 Å². The summed E-state index contributed by atoms with van der Waals surface area (Å²) >= 11 is 0.741. The number of nitrogens with zero attached hydrogens (tertiary/aromatic N) is 2. The van der Waals surface area contributed by atoms with Gasteiger partial charge in [0, 0.05) is 5.69 Å². The van der Waals surface area contributed by atoms with Crippen molar-refractivity contribution in [1.29, 1.82) is 5.26 Å². The second-order valence-electron chi connectivity index (χ2n) is 5.56. The van der Waals surface area contributed by atoms with Crippen molar-refractivity contribution >= 4 is 40.6 Å². The van der Waals surface area contributed by atoms with Crippen molar-refractivity contribution in [2.24, 2.45) is 0 Å². The van der Waals surface area contributed by atoms with Crippen LogP contribution in [0.25, 0.3) is 6.08 Å². The highest BCUT2D eigenvalue weighted by Gasteiger charge is 2.36. The number of halogens is 1. The summed E-state index contributed by atoms with van der Waals surface area (Å²) in [7, 11) is 0. The number of hydrogen-bond acceptors (Lipinski definition) is 5. The summed E-state index contributed by atoms with van der Waals surface area (Å²) < 4.78 is 12.9. The number of nitriles is 1. The number of rotatable bonds is 4. The second-order valence-corrected chi connectivity index (χ2v) is 6.55. The standard InChI is InChI=1S/C19H12FN3O3S/c20-14-5-7-15(8-6-14)22-17(24)11-23-18(25)16(27-19(23)26)9-12-1-3-13(10-21)4-2-12/h1-9H,11H2,(H,22,24)/b16-9-. The molecule has 1 heterocycles. The Morgan fingerprint density at radius 3 is 2.44 bits per heavy atom. The van der Waals surface area contributed by atoms with Gasteiger partial charge in [-0.2, -0.15) is 5.26 Å². The molecule has 8 heteroatoms. The molecule has 3 rings (SSSR count). The molecule has 2 aromatic rings. The molecule has 0 atom stereocenters. The van der Waals surface area contributed by atoms with Crippen LogP contribution in [0.3, 0.4) is 0 Å². The zero-order valence-electron chi connectivity index (χ0n) is 13.8. The fourth-order valence-electron chi connectivity index (χ4n) is 2.32. The molecule has 0 aliphatic carbocycles. The van der Waals surface area contributed by atoms with Crippen molar-refractivity contribution in [2.45, 2.75) is 0 Å². The third-order valence-electron chi connectivity index (χ3n) is 3.64. The Hall–Kier alpha value is -3.44. The van der Waals surface area contributed by atoms with E-state index in [-0.39, 0.29) is 4.91 Å². The highest BCUT2D eigenvalue weighted by molar-refractivity contribution is 8.18. The maximum Gasteiger partial charge on any atom is 0.294 e. The zero-order chi connectivity index (χ0) is 19.4.